The van der Waals surface area contributed by atoms with Crippen molar-refractivity contribution in [3.8, 4) is 0 Å². The van der Waals surface area contributed by atoms with Crippen LogP contribution >= 0.6 is 11.6 Å². The fourth-order valence-electron chi connectivity index (χ4n) is 2.82. The predicted octanol–water partition coefficient (Wildman–Crippen LogP) is 4.08. The van der Waals surface area contributed by atoms with Crippen molar-refractivity contribution in [3.05, 3.63) is 99.6 Å². The molecule has 0 bridgehead atoms. The van der Waals surface area contributed by atoms with E-state index >= 15 is 0 Å². The molecule has 0 heterocycles. The molecule has 0 saturated carbocycles. The van der Waals surface area contributed by atoms with Crippen molar-refractivity contribution in [2.75, 3.05) is 11.9 Å². The minimum atomic E-state index is -3.99. The number of sulfonamides is 1. The normalized spacial score (nSPS) is 11.3. The first-order chi connectivity index (χ1) is 14.8. The summed E-state index contributed by atoms with van der Waals surface area (Å²) in [5.41, 5.74) is 0.655. The van der Waals surface area contributed by atoms with Gasteiger partial charge in [-0.25, -0.2) is 8.42 Å². The molecule has 160 valence electrons. The lowest BCUT2D eigenvalue weighted by atomic mass is 10.2. The number of anilines is 1. The van der Waals surface area contributed by atoms with E-state index in [1.54, 1.807) is 42.5 Å². The Morgan fingerprint density at radius 3 is 2.32 bits per heavy atom. The molecule has 0 saturated heterocycles. The molecule has 1 N–H and O–H groups in total. The average molecular weight is 460 g/mol. The SMILES string of the molecule is O=C(CN(Cc1ccc(Cl)cc1)S(=O)(=O)c1ccccc1)Nc1cccc([N+](=O)[O-])c1. The maximum atomic E-state index is 13.2. The van der Waals surface area contributed by atoms with Gasteiger partial charge in [0.15, 0.2) is 0 Å². The minimum Gasteiger partial charge on any atom is -0.325 e. The summed E-state index contributed by atoms with van der Waals surface area (Å²) in [5, 5.41) is 13.9. The number of nitrogens with zero attached hydrogens (tertiary/aromatic N) is 2. The van der Waals surface area contributed by atoms with Gasteiger partial charge in [0.2, 0.25) is 15.9 Å². The molecule has 1 amide bonds. The molecule has 3 aromatic carbocycles. The standard InChI is InChI=1S/C21H18ClN3O5S/c22-17-11-9-16(10-12-17)14-24(31(29,30)20-7-2-1-3-8-20)15-21(26)23-18-5-4-6-19(13-18)25(27)28/h1-13H,14-15H2,(H,23,26). The smallest absolute Gasteiger partial charge is 0.271 e. The molecular weight excluding hydrogens is 442 g/mol. The van der Waals surface area contributed by atoms with E-state index in [0.29, 0.717) is 10.6 Å². The summed E-state index contributed by atoms with van der Waals surface area (Å²) in [6, 6.07) is 19.8. The fourth-order valence-corrected chi connectivity index (χ4v) is 4.35. The van der Waals surface area contributed by atoms with Crippen molar-refractivity contribution >= 4 is 38.9 Å². The second-order valence-corrected chi connectivity index (χ2v) is 8.94. The Kier molecular flexibility index (Phi) is 7.01. The number of hydrogen-bond acceptors (Lipinski definition) is 5. The van der Waals surface area contributed by atoms with Crippen LogP contribution in [0.3, 0.4) is 0 Å². The molecule has 3 aromatic rings. The Balaban J connectivity index is 1.85. The molecule has 0 aliphatic rings. The highest BCUT2D eigenvalue weighted by Gasteiger charge is 2.27. The molecule has 0 fully saturated rings. The number of carbonyl (C=O) groups is 1. The molecule has 10 heteroatoms. The molecule has 0 radical (unpaired) electrons. The Bertz CT molecular complexity index is 1190. The first-order valence-electron chi connectivity index (χ1n) is 9.09. The summed E-state index contributed by atoms with van der Waals surface area (Å²) in [7, 11) is -3.99. The monoisotopic (exact) mass is 459 g/mol. The number of nitro benzene ring substituents is 1. The Labute approximate surface area is 184 Å². The Hall–Kier alpha value is -3.27. The molecule has 0 aliphatic carbocycles. The molecule has 31 heavy (non-hydrogen) atoms. The first kappa shape index (κ1) is 22.4. The lowest BCUT2D eigenvalue weighted by Crippen LogP contribution is -2.37. The molecular formula is C21H18ClN3O5S. The second kappa shape index (κ2) is 9.69. The lowest BCUT2D eigenvalue weighted by Gasteiger charge is -2.22. The van der Waals surface area contributed by atoms with Gasteiger partial charge in [-0.15, -0.1) is 0 Å². The van der Waals surface area contributed by atoms with E-state index < -0.39 is 27.4 Å². The van der Waals surface area contributed by atoms with Crippen LogP contribution in [-0.2, 0) is 21.4 Å². The summed E-state index contributed by atoms with van der Waals surface area (Å²) >= 11 is 5.90. The summed E-state index contributed by atoms with van der Waals surface area (Å²) in [5.74, 6) is -0.631. The zero-order chi connectivity index (χ0) is 22.4. The van der Waals surface area contributed by atoms with Gasteiger partial charge in [-0.1, -0.05) is 48.0 Å². The highest BCUT2D eigenvalue weighted by atomic mass is 35.5. The Morgan fingerprint density at radius 1 is 1.00 bits per heavy atom. The van der Waals surface area contributed by atoms with Gasteiger partial charge < -0.3 is 5.32 Å². The zero-order valence-electron chi connectivity index (χ0n) is 16.1. The van der Waals surface area contributed by atoms with Gasteiger partial charge in [-0.2, -0.15) is 4.31 Å². The van der Waals surface area contributed by atoms with Crippen LogP contribution in [-0.4, -0.2) is 30.1 Å². The molecule has 0 atom stereocenters. The van der Waals surface area contributed by atoms with E-state index in [1.807, 2.05) is 0 Å². The molecule has 8 nitrogen and oxygen atoms in total. The largest absolute Gasteiger partial charge is 0.325 e. The van der Waals surface area contributed by atoms with Crippen molar-refractivity contribution in [1.29, 1.82) is 0 Å². The van der Waals surface area contributed by atoms with Gasteiger partial charge in [-0.05, 0) is 35.9 Å². The maximum absolute atomic E-state index is 13.2. The summed E-state index contributed by atoms with van der Waals surface area (Å²) in [6.45, 7) is -0.542. The molecule has 0 unspecified atom stereocenters. The predicted molar refractivity (Wildman–Crippen MR) is 117 cm³/mol. The van der Waals surface area contributed by atoms with E-state index in [-0.39, 0.29) is 22.8 Å². The third kappa shape index (κ3) is 5.88. The number of amides is 1. The van der Waals surface area contributed by atoms with Crippen molar-refractivity contribution in [1.82, 2.24) is 4.31 Å². The Morgan fingerprint density at radius 2 is 1.68 bits per heavy atom. The lowest BCUT2D eigenvalue weighted by molar-refractivity contribution is -0.384. The number of nitro groups is 1. The van der Waals surface area contributed by atoms with E-state index in [4.69, 9.17) is 11.6 Å². The van der Waals surface area contributed by atoms with Crippen LogP contribution in [0, 0.1) is 10.1 Å². The van der Waals surface area contributed by atoms with E-state index in [2.05, 4.69) is 5.32 Å². The topological polar surface area (TPSA) is 110 Å². The van der Waals surface area contributed by atoms with Gasteiger partial charge >= 0.3 is 0 Å². The number of halogens is 1. The third-order valence-corrected chi connectivity index (χ3v) is 6.37. The quantitative estimate of drug-likeness (QED) is 0.403. The van der Waals surface area contributed by atoms with Gasteiger partial charge in [0.05, 0.1) is 16.4 Å². The van der Waals surface area contributed by atoms with Gasteiger partial charge in [-0.3, -0.25) is 14.9 Å². The van der Waals surface area contributed by atoms with Crippen LogP contribution in [0.1, 0.15) is 5.56 Å². The summed E-state index contributed by atoms with van der Waals surface area (Å²) in [6.07, 6.45) is 0. The van der Waals surface area contributed by atoms with E-state index in [1.165, 1.54) is 36.4 Å². The van der Waals surface area contributed by atoms with Crippen LogP contribution < -0.4 is 5.32 Å². The van der Waals surface area contributed by atoms with Gasteiger partial charge in [0.1, 0.15) is 0 Å². The minimum absolute atomic E-state index is 0.0483. The zero-order valence-corrected chi connectivity index (χ0v) is 17.7. The summed E-state index contributed by atoms with van der Waals surface area (Å²) in [4.78, 5) is 23.0. The van der Waals surface area contributed by atoms with Crippen LogP contribution in [0.15, 0.2) is 83.8 Å². The fraction of sp³-hybridized carbons (Fsp3) is 0.0952. The molecule has 0 spiro atoms. The van der Waals surface area contributed by atoms with Gasteiger partial charge in [0, 0.05) is 29.4 Å². The van der Waals surface area contributed by atoms with Crippen molar-refractivity contribution in [3.63, 3.8) is 0 Å². The number of hydrogen-bond donors (Lipinski definition) is 1. The summed E-state index contributed by atoms with van der Waals surface area (Å²) < 4.78 is 27.4. The van der Waals surface area contributed by atoms with E-state index in [9.17, 15) is 23.3 Å². The molecule has 3 rings (SSSR count). The van der Waals surface area contributed by atoms with Crippen molar-refractivity contribution in [2.45, 2.75) is 11.4 Å². The maximum Gasteiger partial charge on any atom is 0.271 e. The number of nitrogens with one attached hydrogen (secondary N) is 1. The highest BCUT2D eigenvalue weighted by molar-refractivity contribution is 7.89. The van der Waals surface area contributed by atoms with Crippen molar-refractivity contribution < 1.29 is 18.1 Å². The number of non-ortho nitro benzene ring substituents is 1. The molecule has 0 aliphatic heterocycles. The number of benzene rings is 3. The highest BCUT2D eigenvalue weighted by Crippen LogP contribution is 2.21. The van der Waals surface area contributed by atoms with Crippen molar-refractivity contribution in [2.24, 2.45) is 0 Å². The third-order valence-electron chi connectivity index (χ3n) is 4.31. The average Bonchev–Trinajstić information content (AvgIpc) is 2.75. The van der Waals surface area contributed by atoms with Crippen LogP contribution in [0.5, 0.6) is 0 Å². The number of rotatable bonds is 8. The molecule has 0 aromatic heterocycles. The van der Waals surface area contributed by atoms with Gasteiger partial charge in [0.25, 0.3) is 5.69 Å². The van der Waals surface area contributed by atoms with Crippen LogP contribution in [0.4, 0.5) is 11.4 Å². The van der Waals surface area contributed by atoms with Crippen LogP contribution in [0.25, 0.3) is 0 Å². The van der Waals surface area contributed by atoms with Crippen LogP contribution in [0.2, 0.25) is 5.02 Å². The second-order valence-electron chi connectivity index (χ2n) is 6.57. The van der Waals surface area contributed by atoms with E-state index in [0.717, 1.165) is 4.31 Å². The first-order valence-corrected chi connectivity index (χ1v) is 10.9. The number of carbonyl (C=O) groups excluding carboxylic acids is 1.